The SMILES string of the molecule is C/C(=C1\COC[C@@H]1/C=C\C[C@@H](O)c1ccccc1)c1ccccc1. The van der Waals surface area contributed by atoms with Gasteiger partial charge in [0.1, 0.15) is 0 Å². The average Bonchev–Trinajstić information content (AvgIpc) is 3.11. The number of aliphatic hydroxyl groups excluding tert-OH is 1. The highest BCUT2D eigenvalue weighted by molar-refractivity contribution is 5.68. The lowest BCUT2D eigenvalue weighted by molar-refractivity contribution is 0.181. The van der Waals surface area contributed by atoms with E-state index in [0.29, 0.717) is 18.9 Å². The number of hydrogen-bond donors (Lipinski definition) is 1. The van der Waals surface area contributed by atoms with Gasteiger partial charge in [0.05, 0.1) is 19.3 Å². The molecule has 1 N–H and O–H groups in total. The molecule has 0 radical (unpaired) electrons. The summed E-state index contributed by atoms with van der Waals surface area (Å²) in [6, 6.07) is 20.2. The van der Waals surface area contributed by atoms with E-state index in [1.807, 2.05) is 36.4 Å². The molecule has 0 spiro atoms. The maximum atomic E-state index is 10.3. The van der Waals surface area contributed by atoms with Gasteiger partial charge in [0.25, 0.3) is 0 Å². The highest BCUT2D eigenvalue weighted by Crippen LogP contribution is 2.30. The Labute approximate surface area is 144 Å². The first-order valence-electron chi connectivity index (χ1n) is 8.48. The summed E-state index contributed by atoms with van der Waals surface area (Å²) in [5.74, 6) is 0.299. The molecule has 0 unspecified atom stereocenters. The fourth-order valence-electron chi connectivity index (χ4n) is 3.12. The highest BCUT2D eigenvalue weighted by atomic mass is 16.5. The number of allylic oxidation sites excluding steroid dienone is 1. The maximum Gasteiger partial charge on any atom is 0.0824 e. The Kier molecular flexibility index (Phi) is 5.63. The van der Waals surface area contributed by atoms with E-state index in [-0.39, 0.29) is 0 Å². The van der Waals surface area contributed by atoms with Crippen LogP contribution in [-0.4, -0.2) is 18.3 Å². The Bertz CT molecular complexity index is 701. The van der Waals surface area contributed by atoms with Crippen molar-refractivity contribution in [3.63, 3.8) is 0 Å². The van der Waals surface area contributed by atoms with Gasteiger partial charge in [-0.2, -0.15) is 0 Å². The first-order valence-corrected chi connectivity index (χ1v) is 8.48. The summed E-state index contributed by atoms with van der Waals surface area (Å²) in [7, 11) is 0. The topological polar surface area (TPSA) is 29.5 Å². The molecule has 2 nitrogen and oxygen atoms in total. The fourth-order valence-corrected chi connectivity index (χ4v) is 3.12. The highest BCUT2D eigenvalue weighted by Gasteiger charge is 2.21. The molecule has 0 saturated carbocycles. The summed E-state index contributed by atoms with van der Waals surface area (Å²) in [6.07, 6.45) is 4.43. The second-order valence-corrected chi connectivity index (χ2v) is 6.23. The van der Waals surface area contributed by atoms with Crippen LogP contribution in [0, 0.1) is 5.92 Å². The molecule has 0 aromatic heterocycles. The van der Waals surface area contributed by atoms with Crippen molar-refractivity contribution >= 4 is 5.57 Å². The summed E-state index contributed by atoms with van der Waals surface area (Å²) >= 11 is 0. The molecule has 0 bridgehead atoms. The zero-order chi connectivity index (χ0) is 16.8. The standard InChI is InChI=1S/C22H24O2/c1-17(18-9-4-2-5-10-18)21-16-24-15-20(21)13-8-14-22(23)19-11-6-3-7-12-19/h2-13,20,22-23H,14-16H2,1H3/b13-8-,21-17-/t20-,22+/m0/s1. The first-order chi connectivity index (χ1) is 11.8. The van der Waals surface area contributed by atoms with E-state index in [9.17, 15) is 5.11 Å². The number of aliphatic hydroxyl groups is 1. The molecule has 124 valence electrons. The molecule has 1 fully saturated rings. The minimum atomic E-state index is -0.451. The van der Waals surface area contributed by atoms with E-state index >= 15 is 0 Å². The van der Waals surface area contributed by atoms with E-state index in [2.05, 4.69) is 43.3 Å². The van der Waals surface area contributed by atoms with Crippen LogP contribution in [0.15, 0.2) is 78.4 Å². The molecule has 1 aliphatic heterocycles. The fraction of sp³-hybridized carbons (Fsp3) is 0.273. The average molecular weight is 320 g/mol. The molecule has 2 heteroatoms. The molecule has 2 atom stereocenters. The van der Waals surface area contributed by atoms with Crippen molar-refractivity contribution in [3.8, 4) is 0 Å². The zero-order valence-corrected chi connectivity index (χ0v) is 14.1. The van der Waals surface area contributed by atoms with Crippen LogP contribution in [0.3, 0.4) is 0 Å². The van der Waals surface area contributed by atoms with Gasteiger partial charge in [-0.15, -0.1) is 0 Å². The maximum absolute atomic E-state index is 10.3. The first kappa shape index (κ1) is 16.7. The van der Waals surface area contributed by atoms with Crippen molar-refractivity contribution in [2.24, 2.45) is 5.92 Å². The number of rotatable bonds is 5. The van der Waals surface area contributed by atoms with Gasteiger partial charge in [0.15, 0.2) is 0 Å². The van der Waals surface area contributed by atoms with Crippen molar-refractivity contribution in [2.45, 2.75) is 19.4 Å². The Hall–Kier alpha value is -2.16. The van der Waals surface area contributed by atoms with E-state index < -0.39 is 6.10 Å². The monoisotopic (exact) mass is 320 g/mol. The zero-order valence-electron chi connectivity index (χ0n) is 14.1. The van der Waals surface area contributed by atoms with Gasteiger partial charge in [0, 0.05) is 5.92 Å². The second kappa shape index (κ2) is 8.09. The van der Waals surface area contributed by atoms with Gasteiger partial charge in [-0.1, -0.05) is 72.8 Å². The van der Waals surface area contributed by atoms with Crippen LogP contribution in [0.25, 0.3) is 5.57 Å². The summed E-state index contributed by atoms with van der Waals surface area (Å²) in [6.45, 7) is 3.58. The second-order valence-electron chi connectivity index (χ2n) is 6.23. The summed E-state index contributed by atoms with van der Waals surface area (Å²) in [5, 5.41) is 10.3. The van der Waals surface area contributed by atoms with Crippen LogP contribution in [0.2, 0.25) is 0 Å². The van der Waals surface area contributed by atoms with Crippen molar-refractivity contribution < 1.29 is 9.84 Å². The van der Waals surface area contributed by atoms with Crippen LogP contribution < -0.4 is 0 Å². The summed E-state index contributed by atoms with van der Waals surface area (Å²) in [4.78, 5) is 0. The van der Waals surface area contributed by atoms with Gasteiger partial charge < -0.3 is 9.84 Å². The van der Waals surface area contributed by atoms with Crippen molar-refractivity contribution in [1.29, 1.82) is 0 Å². The Morgan fingerprint density at radius 1 is 1.12 bits per heavy atom. The van der Waals surface area contributed by atoms with E-state index in [1.54, 1.807) is 0 Å². The third kappa shape index (κ3) is 4.02. The summed E-state index contributed by atoms with van der Waals surface area (Å²) in [5.41, 5.74) is 4.85. The van der Waals surface area contributed by atoms with Gasteiger partial charge in [-0.3, -0.25) is 0 Å². The quantitative estimate of drug-likeness (QED) is 0.803. The third-order valence-corrected chi connectivity index (χ3v) is 4.60. The number of ether oxygens (including phenoxy) is 1. The summed E-state index contributed by atoms with van der Waals surface area (Å²) < 4.78 is 5.68. The number of hydrogen-bond acceptors (Lipinski definition) is 2. The molecule has 2 aromatic rings. The number of benzene rings is 2. The van der Waals surface area contributed by atoms with Crippen molar-refractivity contribution in [2.75, 3.05) is 13.2 Å². The molecule has 1 aliphatic rings. The van der Waals surface area contributed by atoms with Crippen LogP contribution in [-0.2, 0) is 4.74 Å². The van der Waals surface area contributed by atoms with Crippen LogP contribution in [0.5, 0.6) is 0 Å². The van der Waals surface area contributed by atoms with Crippen molar-refractivity contribution in [3.05, 3.63) is 89.5 Å². The molecule has 0 amide bonds. The van der Waals surface area contributed by atoms with Crippen LogP contribution in [0.4, 0.5) is 0 Å². The van der Waals surface area contributed by atoms with Crippen molar-refractivity contribution in [1.82, 2.24) is 0 Å². The van der Waals surface area contributed by atoms with Gasteiger partial charge in [-0.05, 0) is 35.6 Å². The van der Waals surface area contributed by atoms with Crippen LogP contribution >= 0.6 is 0 Å². The Balaban J connectivity index is 1.68. The minimum absolute atomic E-state index is 0.299. The molecule has 1 saturated heterocycles. The van der Waals surface area contributed by atoms with Gasteiger partial charge in [0.2, 0.25) is 0 Å². The predicted molar refractivity (Wildman–Crippen MR) is 98.5 cm³/mol. The molecular weight excluding hydrogens is 296 g/mol. The molecule has 1 heterocycles. The molecular formula is C22H24O2. The molecule has 3 rings (SSSR count). The van der Waals surface area contributed by atoms with E-state index in [0.717, 1.165) is 12.2 Å². The smallest absolute Gasteiger partial charge is 0.0824 e. The lowest BCUT2D eigenvalue weighted by atomic mass is 9.93. The van der Waals surface area contributed by atoms with Gasteiger partial charge >= 0.3 is 0 Å². The minimum Gasteiger partial charge on any atom is -0.388 e. The Morgan fingerprint density at radius 3 is 2.50 bits per heavy atom. The van der Waals surface area contributed by atoms with Crippen LogP contribution in [0.1, 0.15) is 30.6 Å². The molecule has 24 heavy (non-hydrogen) atoms. The van der Waals surface area contributed by atoms with Gasteiger partial charge in [-0.25, -0.2) is 0 Å². The van der Waals surface area contributed by atoms with E-state index in [1.165, 1.54) is 16.7 Å². The molecule has 0 aliphatic carbocycles. The predicted octanol–water partition coefficient (Wildman–Crippen LogP) is 4.79. The molecule has 2 aromatic carbocycles. The lowest BCUT2D eigenvalue weighted by Gasteiger charge is -2.11. The largest absolute Gasteiger partial charge is 0.388 e. The Morgan fingerprint density at radius 2 is 1.79 bits per heavy atom. The third-order valence-electron chi connectivity index (χ3n) is 4.60. The normalized spacial score (nSPS) is 21.2. The van der Waals surface area contributed by atoms with E-state index in [4.69, 9.17) is 4.74 Å². The lowest BCUT2D eigenvalue weighted by Crippen LogP contribution is -2.01.